The Morgan fingerprint density at radius 2 is 1.86 bits per heavy atom. The van der Waals surface area contributed by atoms with Crippen LogP contribution in [0.5, 0.6) is 5.75 Å². The third-order valence-electron chi connectivity index (χ3n) is 7.33. The molecule has 1 N–H and O–H groups in total. The smallest absolute Gasteiger partial charge is 0.451 e. The maximum absolute atomic E-state index is 13.0. The van der Waals surface area contributed by atoms with E-state index in [-0.39, 0.29) is 30.2 Å². The van der Waals surface area contributed by atoms with Crippen molar-refractivity contribution in [2.24, 2.45) is 0 Å². The summed E-state index contributed by atoms with van der Waals surface area (Å²) in [5.41, 5.74) is 3.68. The molecule has 0 aliphatic carbocycles. The van der Waals surface area contributed by atoms with Gasteiger partial charge in [-0.2, -0.15) is 13.2 Å². The molecule has 4 rings (SSSR count). The zero-order chi connectivity index (χ0) is 25.9. The fourth-order valence-corrected chi connectivity index (χ4v) is 5.27. The first-order valence-electron chi connectivity index (χ1n) is 12.5. The molecule has 0 radical (unpaired) electrons. The quantitative estimate of drug-likeness (QED) is 0.564. The predicted molar refractivity (Wildman–Crippen MR) is 128 cm³/mol. The summed E-state index contributed by atoms with van der Waals surface area (Å²) in [5, 5.41) is 8.95. The van der Waals surface area contributed by atoms with Crippen molar-refractivity contribution < 1.29 is 27.8 Å². The molecule has 2 aliphatic heterocycles. The van der Waals surface area contributed by atoms with E-state index in [1.54, 1.807) is 4.90 Å². The fourth-order valence-electron chi connectivity index (χ4n) is 5.27. The highest BCUT2D eigenvalue weighted by atomic mass is 19.4. The Bertz CT molecular complexity index is 1060. The normalized spacial score (nSPS) is 20.8. The van der Waals surface area contributed by atoms with Gasteiger partial charge in [0.05, 0.1) is 12.2 Å². The molecule has 1 aromatic carbocycles. The number of rotatable bonds is 7. The van der Waals surface area contributed by atoms with Crippen molar-refractivity contribution in [1.82, 2.24) is 19.8 Å². The summed E-state index contributed by atoms with van der Waals surface area (Å²) in [6, 6.07) is 4.61. The van der Waals surface area contributed by atoms with Crippen LogP contribution in [0.4, 0.5) is 13.2 Å². The van der Waals surface area contributed by atoms with Crippen molar-refractivity contribution in [3.63, 3.8) is 0 Å². The van der Waals surface area contributed by atoms with E-state index >= 15 is 0 Å². The molecule has 0 bridgehead atoms. The van der Waals surface area contributed by atoms with Gasteiger partial charge in [0.25, 0.3) is 5.91 Å². The molecule has 1 aromatic heterocycles. The number of nitrogens with zero attached hydrogens (tertiary/aromatic N) is 4. The number of benzene rings is 1. The number of amides is 1. The molecule has 36 heavy (non-hydrogen) atoms. The minimum absolute atomic E-state index is 0.0739. The fraction of sp³-hybridized carbons (Fsp3) is 0.577. The lowest BCUT2D eigenvalue weighted by molar-refractivity contribution is -0.145. The number of halogens is 3. The van der Waals surface area contributed by atoms with Gasteiger partial charge >= 0.3 is 6.18 Å². The largest absolute Gasteiger partial charge is 0.493 e. The maximum atomic E-state index is 13.0. The van der Waals surface area contributed by atoms with Gasteiger partial charge in [0.2, 0.25) is 5.82 Å². The van der Waals surface area contributed by atoms with Gasteiger partial charge in [-0.3, -0.25) is 9.69 Å². The van der Waals surface area contributed by atoms with Crippen molar-refractivity contribution in [3.05, 3.63) is 52.6 Å². The molecule has 0 saturated carbocycles. The first-order chi connectivity index (χ1) is 17.2. The second kappa shape index (κ2) is 11.1. The van der Waals surface area contributed by atoms with Crippen LogP contribution in [-0.2, 0) is 6.18 Å². The first kappa shape index (κ1) is 26.3. The number of aliphatic hydroxyl groups excluding tert-OH is 1. The number of piperidine rings is 1. The Kier molecular flexibility index (Phi) is 8.14. The van der Waals surface area contributed by atoms with E-state index in [0.717, 1.165) is 55.8 Å². The van der Waals surface area contributed by atoms with Gasteiger partial charge in [0, 0.05) is 50.7 Å². The van der Waals surface area contributed by atoms with Gasteiger partial charge in [-0.15, -0.1) is 0 Å². The molecule has 7 nitrogen and oxygen atoms in total. The summed E-state index contributed by atoms with van der Waals surface area (Å²) < 4.78 is 44.2. The van der Waals surface area contributed by atoms with Gasteiger partial charge in [-0.05, 0) is 68.7 Å². The van der Waals surface area contributed by atoms with Gasteiger partial charge in [-0.1, -0.05) is 6.07 Å². The van der Waals surface area contributed by atoms with Crippen LogP contribution in [-0.4, -0.2) is 69.7 Å². The van der Waals surface area contributed by atoms with E-state index in [2.05, 4.69) is 34.8 Å². The van der Waals surface area contributed by atoms with E-state index in [1.165, 1.54) is 11.1 Å². The van der Waals surface area contributed by atoms with Crippen LogP contribution in [0.15, 0.2) is 24.5 Å². The highest BCUT2D eigenvalue weighted by molar-refractivity contribution is 5.93. The number of hydrogen-bond donors (Lipinski definition) is 1. The number of hydrogen-bond acceptors (Lipinski definition) is 6. The van der Waals surface area contributed by atoms with Crippen LogP contribution >= 0.6 is 0 Å². The molecule has 1 unspecified atom stereocenters. The molecule has 2 aromatic rings. The monoisotopic (exact) mass is 506 g/mol. The number of alkyl halides is 3. The number of carbonyl (C=O) groups excluding carboxylic acids is 1. The molecule has 196 valence electrons. The van der Waals surface area contributed by atoms with Crippen molar-refractivity contribution in [2.45, 2.75) is 64.2 Å². The summed E-state index contributed by atoms with van der Waals surface area (Å²) in [6.45, 7) is 6.66. The van der Waals surface area contributed by atoms with Crippen molar-refractivity contribution in [3.8, 4) is 5.75 Å². The Labute approximate surface area is 209 Å². The second-order valence-corrected chi connectivity index (χ2v) is 9.56. The van der Waals surface area contributed by atoms with Gasteiger partial charge < -0.3 is 14.7 Å². The summed E-state index contributed by atoms with van der Waals surface area (Å²) >= 11 is 0. The molecule has 3 heterocycles. The Hall–Kier alpha value is -2.72. The first-order valence-corrected chi connectivity index (χ1v) is 12.5. The lowest BCUT2D eigenvalue weighted by atomic mass is 9.86. The zero-order valence-electron chi connectivity index (χ0n) is 20.7. The van der Waals surface area contributed by atoms with Crippen LogP contribution in [0.2, 0.25) is 0 Å². The zero-order valence-corrected chi connectivity index (χ0v) is 20.7. The number of piperazine rings is 1. The Morgan fingerprint density at radius 1 is 1.11 bits per heavy atom. The second-order valence-electron chi connectivity index (χ2n) is 9.56. The molecule has 0 spiro atoms. The van der Waals surface area contributed by atoms with Crippen molar-refractivity contribution in [1.29, 1.82) is 0 Å². The number of aliphatic hydroxyl groups is 1. The number of carbonyl (C=O) groups is 1. The SMILES string of the molecule is Cc1c(OCCCCO)ccc([C@H]2CCCC3CN(C(=O)c4cnc(C(F)(F)F)nc4)CCN32)c1C. The van der Waals surface area contributed by atoms with E-state index in [4.69, 9.17) is 9.84 Å². The van der Waals surface area contributed by atoms with Gasteiger partial charge in [0.1, 0.15) is 5.75 Å². The number of fused-ring (bicyclic) bond motifs is 1. The third-order valence-corrected chi connectivity index (χ3v) is 7.33. The highest BCUT2D eigenvalue weighted by Crippen LogP contribution is 2.39. The minimum Gasteiger partial charge on any atom is -0.493 e. The molecule has 2 fully saturated rings. The average molecular weight is 507 g/mol. The van der Waals surface area contributed by atoms with E-state index < -0.39 is 12.0 Å². The highest BCUT2D eigenvalue weighted by Gasteiger charge is 2.38. The van der Waals surface area contributed by atoms with E-state index in [1.807, 2.05) is 6.07 Å². The van der Waals surface area contributed by atoms with Crippen LogP contribution in [0, 0.1) is 13.8 Å². The van der Waals surface area contributed by atoms with E-state index in [9.17, 15) is 18.0 Å². The Morgan fingerprint density at radius 3 is 2.56 bits per heavy atom. The van der Waals surface area contributed by atoms with Crippen LogP contribution in [0.25, 0.3) is 0 Å². The van der Waals surface area contributed by atoms with Gasteiger partial charge in [0.15, 0.2) is 0 Å². The number of aromatic nitrogens is 2. The summed E-state index contributed by atoms with van der Waals surface area (Å²) in [4.78, 5) is 23.8. The lowest BCUT2D eigenvalue weighted by Gasteiger charge is -2.48. The standard InChI is InChI=1S/C26H33F3N4O3/c1-17-18(2)23(36-13-4-3-12-34)9-8-21(17)22-7-5-6-20-16-32(10-11-33(20)22)24(35)19-14-30-25(31-15-19)26(27,28)29/h8-9,14-15,20,22,34H,3-7,10-13,16H2,1-2H3/t20?,22-/m1/s1. The Balaban J connectivity index is 1.44. The molecule has 2 aliphatic rings. The minimum atomic E-state index is -4.63. The molecular weight excluding hydrogens is 473 g/mol. The lowest BCUT2D eigenvalue weighted by Crippen LogP contribution is -2.57. The van der Waals surface area contributed by atoms with Crippen molar-refractivity contribution in [2.75, 3.05) is 32.8 Å². The summed E-state index contributed by atoms with van der Waals surface area (Å²) in [5.74, 6) is -0.706. The predicted octanol–water partition coefficient (Wildman–Crippen LogP) is 4.32. The van der Waals surface area contributed by atoms with Crippen LogP contribution in [0.3, 0.4) is 0 Å². The third kappa shape index (κ3) is 5.64. The number of unbranched alkanes of at least 4 members (excludes halogenated alkanes) is 1. The number of ether oxygens (including phenoxy) is 1. The summed E-state index contributed by atoms with van der Waals surface area (Å²) in [7, 11) is 0. The molecular formula is C26H33F3N4O3. The molecule has 1 amide bonds. The van der Waals surface area contributed by atoms with E-state index in [0.29, 0.717) is 26.2 Å². The molecule has 2 saturated heterocycles. The molecule has 2 atom stereocenters. The van der Waals surface area contributed by atoms with Gasteiger partial charge in [-0.25, -0.2) is 9.97 Å². The summed E-state index contributed by atoms with van der Waals surface area (Å²) in [6.07, 6.45) is 1.87. The molecule has 10 heteroatoms. The van der Waals surface area contributed by atoms with Crippen LogP contribution in [0.1, 0.15) is 71.0 Å². The topological polar surface area (TPSA) is 78.8 Å². The average Bonchev–Trinajstić information content (AvgIpc) is 2.87. The van der Waals surface area contributed by atoms with Crippen molar-refractivity contribution >= 4 is 5.91 Å². The maximum Gasteiger partial charge on any atom is 0.451 e. The van der Waals surface area contributed by atoms with Crippen LogP contribution < -0.4 is 4.74 Å².